The second kappa shape index (κ2) is 13.2. The van der Waals surface area contributed by atoms with Gasteiger partial charge in [0.05, 0.1) is 0 Å². The van der Waals surface area contributed by atoms with E-state index in [4.69, 9.17) is 35.8 Å². The summed E-state index contributed by atoms with van der Waals surface area (Å²) < 4.78 is 0. The van der Waals surface area contributed by atoms with Gasteiger partial charge in [-0.1, -0.05) is 82.4 Å². The van der Waals surface area contributed by atoms with Gasteiger partial charge in [-0.25, -0.2) is 0 Å². The van der Waals surface area contributed by atoms with Gasteiger partial charge in [-0.05, 0) is 48.9 Å². The Balaban J connectivity index is 0.000000806. The van der Waals surface area contributed by atoms with Crippen molar-refractivity contribution in [1.29, 1.82) is 0 Å². The van der Waals surface area contributed by atoms with E-state index in [0.29, 0.717) is 36.3 Å². The molecule has 2 saturated carbocycles. The molecular weight excluding hydrogens is 520 g/mol. The number of fused-ring (bicyclic) bond motifs is 2. The predicted octanol–water partition coefficient (Wildman–Crippen LogP) is 6.78. The van der Waals surface area contributed by atoms with Crippen molar-refractivity contribution in [2.75, 3.05) is 13.1 Å². The molecule has 8 heteroatoms. The van der Waals surface area contributed by atoms with Crippen molar-refractivity contribution in [2.24, 2.45) is 0 Å². The third kappa shape index (κ3) is 6.57. The third-order valence-corrected chi connectivity index (χ3v) is 8.87. The molecule has 0 spiro atoms. The second-order valence-electron chi connectivity index (χ2n) is 11.1. The van der Waals surface area contributed by atoms with Gasteiger partial charge in [0, 0.05) is 24.5 Å². The normalized spacial score (nSPS) is 35.3. The number of nitrogens with zero attached hydrogens (tertiary/aromatic N) is 3. The fraction of sp³-hybridized carbons (Fsp3) is 0.815. The topological polar surface area (TPSA) is 65.2 Å². The molecule has 0 amide bonds. The first-order valence-electron chi connectivity index (χ1n) is 14.0. The number of rotatable bonds is 0. The van der Waals surface area contributed by atoms with Gasteiger partial charge in [0.15, 0.2) is 0 Å². The van der Waals surface area contributed by atoms with E-state index in [2.05, 4.69) is 16.7 Å². The SMILES string of the molecule is [Cl][Mn][Cl].c1c2c3nc4c1CCC[C@@H]4[N-][C@@H]1CCCC[C@H]1NCCNC1CCCC[C@H]1[N-][C@H]3CCC2. The largest absolute Gasteiger partial charge is 0.650 e. The molecule has 6 rings (SSSR count). The van der Waals surface area contributed by atoms with Crippen LogP contribution in [-0.4, -0.2) is 42.2 Å². The van der Waals surface area contributed by atoms with E-state index in [-0.39, 0.29) is 13.1 Å². The molecule has 2 fully saturated rings. The van der Waals surface area contributed by atoms with Crippen LogP contribution in [0.3, 0.4) is 0 Å². The van der Waals surface area contributed by atoms with E-state index in [0.717, 1.165) is 13.1 Å². The van der Waals surface area contributed by atoms with Gasteiger partial charge in [-0.2, -0.15) is 0 Å². The molecular formula is C27H41Cl2MnN5-2. The number of hydrogen-bond donors (Lipinski definition) is 2. The zero-order chi connectivity index (χ0) is 24.0. The average molecular weight is 562 g/mol. The zero-order valence-corrected chi connectivity index (χ0v) is 23.5. The van der Waals surface area contributed by atoms with Crippen LogP contribution >= 0.6 is 20.2 Å². The molecule has 6 atom stereocenters. The standard InChI is InChI=1S/C27H41N5.2ClH.Mn/c1-3-11-22-20(9-1)28-15-16-29-21-10-2-4-12-23(21)31-25-14-6-8-19-17-18-7-5-13-24(30-22)26(18)32-27(19)25;;;/h17,20-25,28-29H,1-16H2;2*1H;/q-2;;;+2/p-2/t20-,21?,22-,23-,24+,25+;;;/m1.../s1. The third-order valence-electron chi connectivity index (χ3n) is 8.87. The van der Waals surface area contributed by atoms with Crippen LogP contribution < -0.4 is 10.6 Å². The number of aryl methyl sites for hydroxylation is 2. The quantitative estimate of drug-likeness (QED) is 0.344. The molecule has 5 nitrogen and oxygen atoms in total. The first-order chi connectivity index (χ1) is 17.3. The summed E-state index contributed by atoms with van der Waals surface area (Å²) in [4.78, 5) is 5.44. The van der Waals surface area contributed by atoms with E-state index in [9.17, 15) is 0 Å². The van der Waals surface area contributed by atoms with Crippen LogP contribution in [0.2, 0.25) is 0 Å². The summed E-state index contributed by atoms with van der Waals surface area (Å²) in [6.45, 7) is 2.10. The van der Waals surface area contributed by atoms with Crippen molar-refractivity contribution in [3.8, 4) is 0 Å². The smallest absolute Gasteiger partial charge is 0.0264 e. The minimum atomic E-state index is 0.00694. The molecule has 1 aromatic heterocycles. The summed E-state index contributed by atoms with van der Waals surface area (Å²) in [5.74, 6) is 0. The zero-order valence-electron chi connectivity index (χ0n) is 20.8. The van der Waals surface area contributed by atoms with Gasteiger partial charge in [0.1, 0.15) is 0 Å². The fourth-order valence-electron chi connectivity index (χ4n) is 7.18. The molecule has 0 aromatic carbocycles. The molecule has 4 aliphatic carbocycles. The average Bonchev–Trinajstić information content (AvgIpc) is 2.88. The first-order valence-corrected chi connectivity index (χ1v) is 17.3. The maximum Gasteiger partial charge on any atom is 0.0264 e. The van der Waals surface area contributed by atoms with Crippen LogP contribution in [0.25, 0.3) is 10.6 Å². The Morgan fingerprint density at radius 1 is 0.686 bits per heavy atom. The Kier molecular flexibility index (Phi) is 10.1. The maximum atomic E-state index is 5.51. The van der Waals surface area contributed by atoms with Gasteiger partial charge >= 0.3 is 33.3 Å². The maximum absolute atomic E-state index is 5.51. The predicted molar refractivity (Wildman–Crippen MR) is 142 cm³/mol. The Hall–Kier alpha value is 0.0895. The molecule has 1 aliphatic heterocycles. The Labute approximate surface area is 226 Å². The molecule has 2 bridgehead atoms. The monoisotopic (exact) mass is 560 g/mol. The molecule has 0 radical (unpaired) electrons. The van der Waals surface area contributed by atoms with Gasteiger partial charge in [0.2, 0.25) is 0 Å². The van der Waals surface area contributed by atoms with Gasteiger partial charge in [-0.3, -0.25) is 4.98 Å². The molecule has 197 valence electrons. The Morgan fingerprint density at radius 2 is 1.14 bits per heavy atom. The van der Waals surface area contributed by atoms with Crippen LogP contribution in [0.5, 0.6) is 0 Å². The molecule has 2 N–H and O–H groups in total. The van der Waals surface area contributed by atoms with Crippen molar-refractivity contribution in [3.05, 3.63) is 39.2 Å². The van der Waals surface area contributed by atoms with Gasteiger partial charge in [-0.15, -0.1) is 12.1 Å². The van der Waals surface area contributed by atoms with Crippen molar-refractivity contribution < 1.29 is 13.1 Å². The van der Waals surface area contributed by atoms with Gasteiger partial charge in [0.25, 0.3) is 0 Å². The van der Waals surface area contributed by atoms with E-state index in [1.54, 1.807) is 0 Å². The molecule has 2 heterocycles. The molecule has 1 unspecified atom stereocenters. The van der Waals surface area contributed by atoms with Crippen LogP contribution in [0.4, 0.5) is 0 Å². The van der Waals surface area contributed by atoms with Crippen LogP contribution in [0.15, 0.2) is 6.07 Å². The summed E-state index contributed by atoms with van der Waals surface area (Å²) in [5, 5.41) is 18.8. The number of halogens is 2. The summed E-state index contributed by atoms with van der Waals surface area (Å²) in [6, 6.07) is 5.09. The molecule has 1 aromatic rings. The summed E-state index contributed by atoms with van der Waals surface area (Å²) in [7, 11) is 9.59. The van der Waals surface area contributed by atoms with Crippen molar-refractivity contribution in [1.82, 2.24) is 15.6 Å². The summed E-state index contributed by atoms with van der Waals surface area (Å²) in [5.41, 5.74) is 5.61. The van der Waals surface area contributed by atoms with Crippen molar-refractivity contribution >= 4 is 20.2 Å². The molecule has 5 aliphatic rings. The van der Waals surface area contributed by atoms with Crippen molar-refractivity contribution in [3.63, 3.8) is 0 Å². The van der Waals surface area contributed by atoms with E-state index in [1.165, 1.54) is 112 Å². The number of hydrogen-bond acceptors (Lipinski definition) is 3. The van der Waals surface area contributed by atoms with Crippen LogP contribution in [-0.2, 0) is 26.0 Å². The van der Waals surface area contributed by atoms with Crippen LogP contribution in [0.1, 0.15) is 112 Å². The number of aromatic nitrogens is 1. The van der Waals surface area contributed by atoms with E-state index >= 15 is 0 Å². The second-order valence-corrected chi connectivity index (χ2v) is 13.0. The Bertz CT molecular complexity index is 766. The van der Waals surface area contributed by atoms with Crippen LogP contribution in [0, 0.1) is 0 Å². The number of nitrogens with one attached hydrogen (secondary N) is 2. The number of pyridine rings is 1. The Morgan fingerprint density at radius 3 is 1.63 bits per heavy atom. The van der Waals surface area contributed by atoms with Crippen molar-refractivity contribution in [2.45, 2.75) is 126 Å². The fourth-order valence-corrected chi connectivity index (χ4v) is 7.18. The summed E-state index contributed by atoms with van der Waals surface area (Å²) in [6.07, 6.45) is 17.6. The first kappa shape index (κ1) is 26.7. The molecule has 0 saturated heterocycles. The van der Waals surface area contributed by atoms with E-state index in [1.807, 2.05) is 0 Å². The minimum Gasteiger partial charge on any atom is -0.650 e. The minimum absolute atomic E-state index is 0.00694. The van der Waals surface area contributed by atoms with Gasteiger partial charge < -0.3 is 21.3 Å². The van der Waals surface area contributed by atoms with E-state index < -0.39 is 0 Å². The summed E-state index contributed by atoms with van der Waals surface area (Å²) >= 11 is 0.00694. The molecule has 35 heavy (non-hydrogen) atoms.